The number of methoxy groups -OCH3 is 1. The summed E-state index contributed by atoms with van der Waals surface area (Å²) in [6.07, 6.45) is 0.782. The van der Waals surface area contributed by atoms with Crippen molar-refractivity contribution < 1.29 is 9.53 Å². The van der Waals surface area contributed by atoms with Crippen LogP contribution in [0.25, 0.3) is 11.3 Å². The van der Waals surface area contributed by atoms with E-state index in [-0.39, 0.29) is 17.9 Å². The van der Waals surface area contributed by atoms with Gasteiger partial charge in [-0.05, 0) is 44.0 Å². The average Bonchev–Trinajstić information content (AvgIpc) is 2.70. The largest absolute Gasteiger partial charge is 0.495 e. The zero-order chi connectivity index (χ0) is 20.8. The minimum Gasteiger partial charge on any atom is -0.495 e. The van der Waals surface area contributed by atoms with Crippen LogP contribution in [0, 0.1) is 13.8 Å². The number of carbonyl (C=O) groups is 1. The van der Waals surface area contributed by atoms with Crippen LogP contribution >= 0.6 is 0 Å². The second-order valence-electron chi connectivity index (χ2n) is 7.00. The number of rotatable bonds is 7. The van der Waals surface area contributed by atoms with Gasteiger partial charge in [0.1, 0.15) is 5.75 Å². The second kappa shape index (κ2) is 9.19. The van der Waals surface area contributed by atoms with Crippen LogP contribution in [0.3, 0.4) is 0 Å². The Morgan fingerprint density at radius 3 is 2.48 bits per heavy atom. The first-order chi connectivity index (χ1) is 14.0. The van der Waals surface area contributed by atoms with Gasteiger partial charge in [-0.3, -0.25) is 9.59 Å². The van der Waals surface area contributed by atoms with Crippen LogP contribution in [0.5, 0.6) is 5.75 Å². The summed E-state index contributed by atoms with van der Waals surface area (Å²) < 4.78 is 6.70. The van der Waals surface area contributed by atoms with Crippen LogP contribution in [-0.4, -0.2) is 22.8 Å². The summed E-state index contributed by atoms with van der Waals surface area (Å²) in [4.78, 5) is 24.4. The maximum atomic E-state index is 12.3. The third kappa shape index (κ3) is 5.31. The monoisotopic (exact) mass is 391 g/mol. The molecule has 0 bridgehead atoms. The van der Waals surface area contributed by atoms with Crippen LogP contribution < -0.4 is 15.6 Å². The van der Waals surface area contributed by atoms with Crippen molar-refractivity contribution in [3.8, 4) is 17.0 Å². The van der Waals surface area contributed by atoms with Gasteiger partial charge in [-0.1, -0.05) is 35.9 Å². The molecule has 1 heterocycles. The molecular formula is C23H25N3O3. The van der Waals surface area contributed by atoms with Crippen molar-refractivity contribution in [2.75, 3.05) is 12.4 Å². The first-order valence-corrected chi connectivity index (χ1v) is 9.56. The highest BCUT2D eigenvalue weighted by Gasteiger charge is 2.09. The van der Waals surface area contributed by atoms with Crippen molar-refractivity contribution >= 4 is 11.6 Å². The van der Waals surface area contributed by atoms with Gasteiger partial charge in [-0.2, -0.15) is 5.10 Å². The van der Waals surface area contributed by atoms with Gasteiger partial charge in [0, 0.05) is 24.6 Å². The van der Waals surface area contributed by atoms with E-state index < -0.39 is 0 Å². The Kier molecular flexibility index (Phi) is 6.44. The van der Waals surface area contributed by atoms with Crippen LogP contribution in [0.4, 0.5) is 5.69 Å². The second-order valence-corrected chi connectivity index (χ2v) is 7.00. The van der Waals surface area contributed by atoms with E-state index >= 15 is 0 Å². The molecule has 0 aliphatic rings. The van der Waals surface area contributed by atoms with Gasteiger partial charge in [0.15, 0.2) is 0 Å². The lowest BCUT2D eigenvalue weighted by Gasteiger charge is -2.11. The molecule has 0 saturated carbocycles. The van der Waals surface area contributed by atoms with Crippen LogP contribution in [0.15, 0.2) is 59.4 Å². The van der Waals surface area contributed by atoms with E-state index in [1.807, 2.05) is 56.3 Å². The molecule has 29 heavy (non-hydrogen) atoms. The Labute approximate surface area is 170 Å². The van der Waals surface area contributed by atoms with Gasteiger partial charge in [0.05, 0.1) is 18.5 Å². The molecule has 1 N–H and O–H groups in total. The Morgan fingerprint density at radius 1 is 1.03 bits per heavy atom. The summed E-state index contributed by atoms with van der Waals surface area (Å²) in [6, 6.07) is 16.8. The molecule has 0 spiro atoms. The van der Waals surface area contributed by atoms with E-state index in [4.69, 9.17) is 4.74 Å². The number of nitrogens with one attached hydrogen (secondary N) is 1. The number of benzene rings is 2. The number of carbonyl (C=O) groups excluding carboxylic acids is 1. The minimum atomic E-state index is -0.179. The van der Waals surface area contributed by atoms with Crippen molar-refractivity contribution in [1.82, 2.24) is 9.78 Å². The average molecular weight is 391 g/mol. The highest BCUT2D eigenvalue weighted by atomic mass is 16.5. The molecule has 3 aromatic rings. The van der Waals surface area contributed by atoms with Crippen LogP contribution in [-0.2, 0) is 11.3 Å². The van der Waals surface area contributed by atoms with Crippen molar-refractivity contribution in [3.05, 3.63) is 76.1 Å². The molecule has 6 nitrogen and oxygen atoms in total. The standard InChI is InChI=1S/C23H25N3O3/c1-16-6-9-18(10-7-16)19-11-13-23(28)26(25-19)14-4-5-22(27)24-20-15-17(2)8-12-21(20)29-3/h6-13,15H,4-5,14H2,1-3H3,(H,24,27). The maximum absolute atomic E-state index is 12.3. The summed E-state index contributed by atoms with van der Waals surface area (Å²) in [5, 5.41) is 7.32. The SMILES string of the molecule is COc1ccc(C)cc1NC(=O)CCCn1nc(-c2ccc(C)cc2)ccc1=O. The highest BCUT2D eigenvalue weighted by molar-refractivity contribution is 5.92. The molecule has 2 aromatic carbocycles. The number of aryl methyl sites for hydroxylation is 3. The normalized spacial score (nSPS) is 10.6. The zero-order valence-corrected chi connectivity index (χ0v) is 16.9. The Hall–Kier alpha value is -3.41. The molecule has 1 aromatic heterocycles. The van der Waals surface area contributed by atoms with Gasteiger partial charge >= 0.3 is 0 Å². The molecule has 0 aliphatic heterocycles. The van der Waals surface area contributed by atoms with E-state index in [2.05, 4.69) is 10.4 Å². The molecule has 3 rings (SSSR count). The molecule has 0 unspecified atom stereocenters. The Bertz CT molecular complexity index is 1060. The van der Waals surface area contributed by atoms with Crippen LogP contribution in [0.2, 0.25) is 0 Å². The Balaban J connectivity index is 1.62. The predicted molar refractivity (Wildman–Crippen MR) is 114 cm³/mol. The summed E-state index contributed by atoms with van der Waals surface area (Å²) >= 11 is 0. The predicted octanol–water partition coefficient (Wildman–Crippen LogP) is 3.95. The smallest absolute Gasteiger partial charge is 0.266 e. The molecule has 6 heteroatoms. The van der Waals surface area contributed by atoms with E-state index in [1.165, 1.54) is 16.3 Å². The highest BCUT2D eigenvalue weighted by Crippen LogP contribution is 2.25. The number of hydrogen-bond acceptors (Lipinski definition) is 4. The first-order valence-electron chi connectivity index (χ1n) is 9.56. The molecule has 0 radical (unpaired) electrons. The van der Waals surface area contributed by atoms with E-state index in [9.17, 15) is 9.59 Å². The van der Waals surface area contributed by atoms with Crippen LogP contribution in [0.1, 0.15) is 24.0 Å². The molecule has 0 fully saturated rings. The minimum absolute atomic E-state index is 0.128. The number of aromatic nitrogens is 2. The van der Waals surface area contributed by atoms with E-state index in [0.717, 1.165) is 16.8 Å². The molecule has 0 atom stereocenters. The number of anilines is 1. The van der Waals surface area contributed by atoms with E-state index in [1.54, 1.807) is 13.2 Å². The fraction of sp³-hybridized carbons (Fsp3) is 0.261. The summed E-state index contributed by atoms with van der Waals surface area (Å²) in [5.74, 6) is 0.490. The molecule has 1 amide bonds. The first kappa shape index (κ1) is 20.3. The third-order valence-electron chi connectivity index (χ3n) is 4.62. The van der Waals surface area contributed by atoms with Crippen molar-refractivity contribution in [3.63, 3.8) is 0 Å². The molecule has 0 aliphatic carbocycles. The zero-order valence-electron chi connectivity index (χ0n) is 16.9. The van der Waals surface area contributed by atoms with Gasteiger partial charge < -0.3 is 10.1 Å². The fourth-order valence-corrected chi connectivity index (χ4v) is 3.01. The van der Waals surface area contributed by atoms with Gasteiger partial charge in [0.2, 0.25) is 5.91 Å². The lowest BCUT2D eigenvalue weighted by atomic mass is 10.1. The van der Waals surface area contributed by atoms with E-state index in [0.29, 0.717) is 24.4 Å². The van der Waals surface area contributed by atoms with Gasteiger partial charge in [-0.25, -0.2) is 4.68 Å². The molecule has 150 valence electrons. The lowest BCUT2D eigenvalue weighted by Crippen LogP contribution is -2.23. The quantitative estimate of drug-likeness (QED) is 0.662. The number of hydrogen-bond donors (Lipinski definition) is 1. The third-order valence-corrected chi connectivity index (χ3v) is 4.62. The van der Waals surface area contributed by atoms with Crippen molar-refractivity contribution in [2.24, 2.45) is 0 Å². The summed E-state index contributed by atoms with van der Waals surface area (Å²) in [5.41, 5.74) is 4.35. The van der Waals surface area contributed by atoms with Gasteiger partial charge in [0.25, 0.3) is 5.56 Å². The number of amides is 1. The number of nitrogens with zero attached hydrogens (tertiary/aromatic N) is 2. The maximum Gasteiger partial charge on any atom is 0.266 e. The fourth-order valence-electron chi connectivity index (χ4n) is 3.01. The molecule has 0 saturated heterocycles. The number of ether oxygens (including phenoxy) is 1. The summed E-state index contributed by atoms with van der Waals surface area (Å²) in [7, 11) is 1.57. The Morgan fingerprint density at radius 2 is 1.76 bits per heavy atom. The molecular weight excluding hydrogens is 366 g/mol. The topological polar surface area (TPSA) is 73.2 Å². The van der Waals surface area contributed by atoms with Crippen molar-refractivity contribution in [2.45, 2.75) is 33.2 Å². The van der Waals surface area contributed by atoms with Crippen molar-refractivity contribution in [1.29, 1.82) is 0 Å². The van der Waals surface area contributed by atoms with Gasteiger partial charge in [-0.15, -0.1) is 0 Å². The lowest BCUT2D eigenvalue weighted by molar-refractivity contribution is -0.116. The summed E-state index contributed by atoms with van der Waals surface area (Å²) in [6.45, 7) is 4.35.